The van der Waals surface area contributed by atoms with E-state index in [2.05, 4.69) is 37.9 Å². The van der Waals surface area contributed by atoms with Crippen molar-refractivity contribution in [2.24, 2.45) is 11.8 Å². The van der Waals surface area contributed by atoms with E-state index >= 15 is 0 Å². The summed E-state index contributed by atoms with van der Waals surface area (Å²) >= 11 is 0. The Hall–Kier alpha value is -0.0800. The molecule has 0 aromatic carbocycles. The van der Waals surface area contributed by atoms with E-state index in [1.807, 2.05) is 0 Å². The Bertz CT molecular complexity index is 283. The fraction of sp³-hybridized carbons (Fsp3) is 1.00. The average Bonchev–Trinajstić information content (AvgIpc) is 2.49. The third kappa shape index (κ3) is 3.57. The monoisotopic (exact) mass is 280 g/mol. The van der Waals surface area contributed by atoms with Crippen molar-refractivity contribution in [2.45, 2.75) is 84.2 Å². The highest BCUT2D eigenvalue weighted by atomic mass is 15.3. The van der Waals surface area contributed by atoms with Gasteiger partial charge in [0.1, 0.15) is 0 Å². The summed E-state index contributed by atoms with van der Waals surface area (Å²) in [6, 6.07) is 0.705. The molecule has 2 nitrogen and oxygen atoms in total. The molecule has 2 rings (SSSR count). The summed E-state index contributed by atoms with van der Waals surface area (Å²) in [7, 11) is 0. The molecule has 0 radical (unpaired) electrons. The van der Waals surface area contributed by atoms with Crippen LogP contribution in [-0.4, -0.2) is 36.1 Å². The third-order valence-electron chi connectivity index (χ3n) is 6.13. The van der Waals surface area contributed by atoms with Gasteiger partial charge in [-0.15, -0.1) is 0 Å². The SMILES string of the molecule is CCC(C)CN1CC(C(C)CC)NCC12CCCCC2. The molecule has 2 fully saturated rings. The van der Waals surface area contributed by atoms with Gasteiger partial charge in [0.25, 0.3) is 0 Å². The Kier molecular flexibility index (Phi) is 5.92. The maximum Gasteiger partial charge on any atom is 0.0334 e. The summed E-state index contributed by atoms with van der Waals surface area (Å²) in [4.78, 5) is 2.90. The predicted molar refractivity (Wildman–Crippen MR) is 88.1 cm³/mol. The summed E-state index contributed by atoms with van der Waals surface area (Å²) in [6.45, 7) is 13.3. The first-order chi connectivity index (χ1) is 9.61. The average molecular weight is 280 g/mol. The lowest BCUT2D eigenvalue weighted by Crippen LogP contribution is -2.66. The van der Waals surface area contributed by atoms with Crippen LogP contribution in [0.4, 0.5) is 0 Å². The van der Waals surface area contributed by atoms with Gasteiger partial charge in [-0.2, -0.15) is 0 Å². The quantitative estimate of drug-likeness (QED) is 0.817. The molecule has 1 N–H and O–H groups in total. The molecule has 0 aromatic heterocycles. The van der Waals surface area contributed by atoms with Crippen molar-refractivity contribution >= 4 is 0 Å². The van der Waals surface area contributed by atoms with E-state index in [1.54, 1.807) is 0 Å². The molecule has 0 bridgehead atoms. The van der Waals surface area contributed by atoms with E-state index in [-0.39, 0.29) is 0 Å². The molecular formula is C18H36N2. The Labute approximate surface area is 126 Å². The first-order valence-corrected chi connectivity index (χ1v) is 9.09. The van der Waals surface area contributed by atoms with Gasteiger partial charge < -0.3 is 5.32 Å². The maximum atomic E-state index is 3.91. The molecule has 3 unspecified atom stereocenters. The Balaban J connectivity index is 2.07. The molecule has 2 aliphatic rings. The van der Waals surface area contributed by atoms with Crippen molar-refractivity contribution in [1.82, 2.24) is 10.2 Å². The molecule has 2 heteroatoms. The Morgan fingerprint density at radius 3 is 2.40 bits per heavy atom. The highest BCUT2D eigenvalue weighted by molar-refractivity contribution is 5.01. The molecule has 1 aliphatic carbocycles. The Morgan fingerprint density at radius 2 is 1.80 bits per heavy atom. The number of rotatable bonds is 5. The van der Waals surface area contributed by atoms with E-state index in [0.29, 0.717) is 11.6 Å². The summed E-state index contributed by atoms with van der Waals surface area (Å²) in [5.41, 5.74) is 0.492. The lowest BCUT2D eigenvalue weighted by atomic mass is 9.77. The normalized spacial score (nSPS) is 30.3. The van der Waals surface area contributed by atoms with E-state index in [9.17, 15) is 0 Å². The summed E-state index contributed by atoms with van der Waals surface area (Å²) in [5.74, 6) is 1.64. The highest BCUT2D eigenvalue weighted by Gasteiger charge is 2.42. The van der Waals surface area contributed by atoms with Crippen LogP contribution in [0, 0.1) is 11.8 Å². The fourth-order valence-corrected chi connectivity index (χ4v) is 4.07. The van der Waals surface area contributed by atoms with Crippen molar-refractivity contribution < 1.29 is 0 Å². The molecule has 1 spiro atoms. The number of hydrogen-bond acceptors (Lipinski definition) is 2. The molecule has 1 aliphatic heterocycles. The minimum Gasteiger partial charge on any atom is -0.311 e. The van der Waals surface area contributed by atoms with Crippen molar-refractivity contribution in [3.05, 3.63) is 0 Å². The molecule has 0 amide bonds. The molecule has 1 heterocycles. The molecule has 1 saturated heterocycles. The second kappa shape index (κ2) is 7.26. The van der Waals surface area contributed by atoms with Gasteiger partial charge in [-0.25, -0.2) is 0 Å². The maximum absolute atomic E-state index is 3.91. The van der Waals surface area contributed by atoms with Crippen LogP contribution in [0.25, 0.3) is 0 Å². The lowest BCUT2D eigenvalue weighted by Gasteiger charge is -2.53. The van der Waals surface area contributed by atoms with Crippen molar-refractivity contribution in [3.8, 4) is 0 Å². The number of piperazine rings is 1. The van der Waals surface area contributed by atoms with Crippen molar-refractivity contribution in [3.63, 3.8) is 0 Å². The molecule has 3 atom stereocenters. The van der Waals surface area contributed by atoms with Crippen LogP contribution in [0.3, 0.4) is 0 Å². The molecular weight excluding hydrogens is 244 g/mol. The first kappa shape index (κ1) is 16.3. The van der Waals surface area contributed by atoms with E-state index < -0.39 is 0 Å². The van der Waals surface area contributed by atoms with Gasteiger partial charge in [-0.1, -0.05) is 59.8 Å². The highest BCUT2D eigenvalue weighted by Crippen LogP contribution is 2.36. The first-order valence-electron chi connectivity index (χ1n) is 9.09. The largest absolute Gasteiger partial charge is 0.311 e. The van der Waals surface area contributed by atoms with Gasteiger partial charge in [-0.05, 0) is 24.7 Å². The van der Waals surface area contributed by atoms with Crippen LogP contribution < -0.4 is 5.32 Å². The minimum atomic E-state index is 0.492. The standard InChI is InChI=1S/C18H36N2/c1-5-15(3)12-20-13-17(16(4)6-2)19-14-18(20)10-8-7-9-11-18/h15-17,19H,5-14H2,1-4H3. The second-order valence-electron chi connectivity index (χ2n) is 7.58. The fourth-order valence-electron chi connectivity index (χ4n) is 4.07. The predicted octanol–water partition coefficient (Wildman–Crippen LogP) is 4.06. The van der Waals surface area contributed by atoms with Gasteiger partial charge in [0.05, 0.1) is 0 Å². The zero-order chi connectivity index (χ0) is 14.6. The van der Waals surface area contributed by atoms with E-state index in [4.69, 9.17) is 0 Å². The summed E-state index contributed by atoms with van der Waals surface area (Å²) in [5, 5.41) is 3.91. The van der Waals surface area contributed by atoms with Crippen molar-refractivity contribution in [1.29, 1.82) is 0 Å². The van der Waals surface area contributed by atoms with Crippen LogP contribution in [0.2, 0.25) is 0 Å². The summed E-state index contributed by atoms with van der Waals surface area (Å²) < 4.78 is 0. The van der Waals surface area contributed by atoms with Gasteiger partial charge in [0.15, 0.2) is 0 Å². The van der Waals surface area contributed by atoms with E-state index in [1.165, 1.54) is 64.6 Å². The Morgan fingerprint density at radius 1 is 1.10 bits per heavy atom. The van der Waals surface area contributed by atoms with Crippen molar-refractivity contribution in [2.75, 3.05) is 19.6 Å². The summed E-state index contributed by atoms with van der Waals surface area (Å²) in [6.07, 6.45) is 9.77. The molecule has 20 heavy (non-hydrogen) atoms. The molecule has 0 aromatic rings. The smallest absolute Gasteiger partial charge is 0.0334 e. The van der Waals surface area contributed by atoms with Crippen LogP contribution in [0.5, 0.6) is 0 Å². The number of hydrogen-bond donors (Lipinski definition) is 1. The molecule has 1 saturated carbocycles. The third-order valence-corrected chi connectivity index (χ3v) is 6.13. The minimum absolute atomic E-state index is 0.492. The lowest BCUT2D eigenvalue weighted by molar-refractivity contribution is -0.00876. The van der Waals surface area contributed by atoms with Crippen LogP contribution >= 0.6 is 0 Å². The van der Waals surface area contributed by atoms with Crippen LogP contribution in [0.15, 0.2) is 0 Å². The zero-order valence-electron chi connectivity index (χ0n) is 14.3. The number of nitrogens with one attached hydrogen (secondary N) is 1. The van der Waals surface area contributed by atoms with Gasteiger partial charge >= 0.3 is 0 Å². The van der Waals surface area contributed by atoms with Gasteiger partial charge in [-0.3, -0.25) is 4.90 Å². The zero-order valence-corrected chi connectivity index (χ0v) is 14.3. The van der Waals surface area contributed by atoms with Crippen LogP contribution in [0.1, 0.15) is 72.6 Å². The van der Waals surface area contributed by atoms with Gasteiger partial charge in [0, 0.05) is 31.2 Å². The second-order valence-corrected chi connectivity index (χ2v) is 7.58. The molecule has 118 valence electrons. The number of nitrogens with zero attached hydrogens (tertiary/aromatic N) is 1. The van der Waals surface area contributed by atoms with E-state index in [0.717, 1.165) is 11.8 Å². The topological polar surface area (TPSA) is 15.3 Å². The van der Waals surface area contributed by atoms with Crippen LogP contribution in [-0.2, 0) is 0 Å². The van der Waals surface area contributed by atoms with Gasteiger partial charge in [0.2, 0.25) is 0 Å².